The third-order valence-electron chi connectivity index (χ3n) is 5.23. The lowest BCUT2D eigenvalue weighted by atomic mass is 10.1. The van der Waals surface area contributed by atoms with Gasteiger partial charge in [-0.15, -0.1) is 0 Å². The van der Waals surface area contributed by atoms with Crippen LogP contribution in [0.3, 0.4) is 0 Å². The molecule has 33 heavy (non-hydrogen) atoms. The molecular weight excluding hydrogens is 438 g/mol. The van der Waals surface area contributed by atoms with Gasteiger partial charge in [-0.2, -0.15) is 0 Å². The highest BCUT2D eigenvalue weighted by Crippen LogP contribution is 2.34. The molecule has 0 aliphatic carbocycles. The minimum absolute atomic E-state index is 0.0323. The van der Waals surface area contributed by atoms with Crippen molar-refractivity contribution in [1.82, 2.24) is 4.90 Å². The van der Waals surface area contributed by atoms with Gasteiger partial charge in [-0.05, 0) is 70.0 Å². The fourth-order valence-corrected chi connectivity index (χ4v) is 4.95. The van der Waals surface area contributed by atoms with Crippen LogP contribution in [-0.2, 0) is 14.3 Å². The van der Waals surface area contributed by atoms with Crippen LogP contribution >= 0.6 is 11.8 Å². The molecule has 1 atom stereocenters. The van der Waals surface area contributed by atoms with E-state index in [1.807, 2.05) is 27.7 Å². The predicted octanol–water partition coefficient (Wildman–Crippen LogP) is 4.77. The maximum atomic E-state index is 12.9. The number of thioether (sulfide) groups is 1. The molecular formula is C25H29N3O4S. The Balaban J connectivity index is 1.70. The van der Waals surface area contributed by atoms with Crippen LogP contribution in [0.2, 0.25) is 0 Å². The fourth-order valence-electron chi connectivity index (χ4n) is 3.75. The van der Waals surface area contributed by atoms with Gasteiger partial charge < -0.3 is 10.1 Å². The van der Waals surface area contributed by atoms with Gasteiger partial charge in [-0.1, -0.05) is 29.5 Å². The topological polar surface area (TPSA) is 88.1 Å². The number of carbonyl (C=O) groups is 3. The van der Waals surface area contributed by atoms with Gasteiger partial charge in [0, 0.05) is 18.7 Å². The molecule has 1 unspecified atom stereocenters. The Hall–Kier alpha value is -3.13. The van der Waals surface area contributed by atoms with Crippen molar-refractivity contribution in [3.8, 4) is 0 Å². The molecule has 2 aromatic rings. The first kappa shape index (κ1) is 24.5. The Morgan fingerprint density at radius 1 is 1.09 bits per heavy atom. The summed E-state index contributed by atoms with van der Waals surface area (Å²) in [6.07, 6.45) is 0.0323. The summed E-state index contributed by atoms with van der Waals surface area (Å²) in [4.78, 5) is 43.7. The number of anilines is 1. The molecule has 0 radical (unpaired) electrons. The number of hydrogen-bond acceptors (Lipinski definition) is 6. The first-order valence-corrected chi connectivity index (χ1v) is 11.8. The van der Waals surface area contributed by atoms with Gasteiger partial charge in [0.05, 0.1) is 17.9 Å². The second-order valence-electron chi connectivity index (χ2n) is 7.88. The van der Waals surface area contributed by atoms with E-state index in [1.54, 1.807) is 36.1 Å². The van der Waals surface area contributed by atoms with E-state index in [2.05, 4.69) is 17.4 Å². The maximum Gasteiger partial charge on any atom is 0.338 e. The summed E-state index contributed by atoms with van der Waals surface area (Å²) in [6.45, 7) is 10.5. The number of benzene rings is 2. The van der Waals surface area contributed by atoms with Gasteiger partial charge >= 0.3 is 5.97 Å². The molecule has 1 fully saturated rings. The van der Waals surface area contributed by atoms with E-state index in [0.29, 0.717) is 29.6 Å². The molecule has 2 aromatic carbocycles. The number of carbonyl (C=O) groups excluding carboxylic acids is 3. The van der Waals surface area contributed by atoms with Crippen LogP contribution < -0.4 is 5.32 Å². The highest BCUT2D eigenvalue weighted by atomic mass is 32.2. The lowest BCUT2D eigenvalue weighted by molar-refractivity contribution is -0.128. The van der Waals surface area contributed by atoms with E-state index in [9.17, 15) is 14.4 Å². The number of nitrogens with one attached hydrogen (secondary N) is 1. The van der Waals surface area contributed by atoms with Crippen LogP contribution in [0.25, 0.3) is 0 Å². The average Bonchev–Trinajstić information content (AvgIpc) is 3.05. The molecule has 1 heterocycles. The van der Waals surface area contributed by atoms with Crippen LogP contribution in [0.1, 0.15) is 47.3 Å². The minimum Gasteiger partial charge on any atom is -0.462 e. The van der Waals surface area contributed by atoms with E-state index in [4.69, 9.17) is 9.73 Å². The van der Waals surface area contributed by atoms with E-state index >= 15 is 0 Å². The van der Waals surface area contributed by atoms with Gasteiger partial charge in [-0.3, -0.25) is 14.5 Å². The summed E-state index contributed by atoms with van der Waals surface area (Å²) in [6, 6.07) is 10.6. The number of nitrogens with zero attached hydrogens (tertiary/aromatic N) is 2. The van der Waals surface area contributed by atoms with Crippen LogP contribution in [-0.4, -0.2) is 46.3 Å². The molecule has 8 heteroatoms. The quantitative estimate of drug-likeness (QED) is 0.593. The van der Waals surface area contributed by atoms with Gasteiger partial charge in [0.1, 0.15) is 5.25 Å². The highest BCUT2D eigenvalue weighted by Gasteiger charge is 2.38. The molecule has 3 rings (SSSR count). The molecule has 7 nitrogen and oxygen atoms in total. The van der Waals surface area contributed by atoms with Crippen molar-refractivity contribution in [2.75, 3.05) is 18.5 Å². The summed E-state index contributed by atoms with van der Waals surface area (Å²) in [5.41, 5.74) is 5.10. The Morgan fingerprint density at radius 2 is 1.73 bits per heavy atom. The van der Waals surface area contributed by atoms with Crippen LogP contribution in [0, 0.1) is 20.8 Å². The van der Waals surface area contributed by atoms with Crippen molar-refractivity contribution in [3.05, 3.63) is 58.7 Å². The van der Waals surface area contributed by atoms with Crippen LogP contribution in [0.5, 0.6) is 0 Å². The molecule has 1 saturated heterocycles. The summed E-state index contributed by atoms with van der Waals surface area (Å²) in [5, 5.41) is 2.88. The summed E-state index contributed by atoms with van der Waals surface area (Å²) < 4.78 is 4.96. The zero-order chi connectivity index (χ0) is 24.1. The number of rotatable bonds is 7. The highest BCUT2D eigenvalue weighted by molar-refractivity contribution is 8.15. The molecule has 0 spiro atoms. The number of aliphatic imine (C=N–C) groups is 1. The first-order chi connectivity index (χ1) is 15.7. The summed E-state index contributed by atoms with van der Waals surface area (Å²) in [7, 11) is 0. The van der Waals surface area contributed by atoms with Crippen LogP contribution in [0.4, 0.5) is 11.4 Å². The number of amidine groups is 1. The number of amides is 2. The zero-order valence-electron chi connectivity index (χ0n) is 19.6. The Kier molecular flexibility index (Phi) is 7.92. The molecule has 1 aliphatic rings. The van der Waals surface area contributed by atoms with Crippen molar-refractivity contribution < 1.29 is 19.1 Å². The van der Waals surface area contributed by atoms with Crippen molar-refractivity contribution in [2.45, 2.75) is 46.3 Å². The number of ether oxygens (including phenoxy) is 1. The second kappa shape index (κ2) is 10.7. The van der Waals surface area contributed by atoms with Crippen LogP contribution in [0.15, 0.2) is 41.4 Å². The minimum atomic E-state index is -0.534. The van der Waals surface area contributed by atoms with E-state index in [-0.39, 0.29) is 18.2 Å². The number of hydrogen-bond donors (Lipinski definition) is 1. The average molecular weight is 468 g/mol. The molecule has 0 aromatic heterocycles. The summed E-state index contributed by atoms with van der Waals surface area (Å²) >= 11 is 1.32. The van der Waals surface area contributed by atoms with Gasteiger partial charge in [0.15, 0.2) is 5.17 Å². The third kappa shape index (κ3) is 5.82. The number of esters is 1. The standard InChI is InChI=1S/C25H29N3O4S/c1-6-28-23(30)20(33-25(28)27-22-16(4)12-15(3)13-17(22)5)14-21(29)26-19-10-8-18(9-11-19)24(31)32-7-2/h8-13,20H,6-7,14H2,1-5H3,(H,26,29). The lowest BCUT2D eigenvalue weighted by Gasteiger charge is -2.14. The van der Waals surface area contributed by atoms with Crippen molar-refractivity contribution in [3.63, 3.8) is 0 Å². The largest absolute Gasteiger partial charge is 0.462 e. The lowest BCUT2D eigenvalue weighted by Crippen LogP contribution is -2.33. The Morgan fingerprint density at radius 3 is 2.30 bits per heavy atom. The number of aryl methyl sites for hydroxylation is 3. The van der Waals surface area contributed by atoms with Crippen molar-refractivity contribution >= 4 is 46.1 Å². The summed E-state index contributed by atoms with van der Waals surface area (Å²) in [5.74, 6) is -0.796. The zero-order valence-corrected chi connectivity index (χ0v) is 20.4. The van der Waals surface area contributed by atoms with Gasteiger partial charge in [0.25, 0.3) is 0 Å². The second-order valence-corrected chi connectivity index (χ2v) is 9.05. The SMILES string of the molecule is CCOC(=O)c1ccc(NC(=O)CC2SC(=Nc3c(C)cc(C)cc3C)N(CC)C2=O)cc1. The van der Waals surface area contributed by atoms with Crippen molar-refractivity contribution in [1.29, 1.82) is 0 Å². The fraction of sp³-hybridized carbons (Fsp3) is 0.360. The van der Waals surface area contributed by atoms with E-state index in [0.717, 1.165) is 16.8 Å². The smallest absolute Gasteiger partial charge is 0.338 e. The molecule has 0 saturated carbocycles. The molecule has 1 N–H and O–H groups in total. The molecule has 0 bridgehead atoms. The van der Waals surface area contributed by atoms with E-state index < -0.39 is 11.2 Å². The van der Waals surface area contributed by atoms with Gasteiger partial charge in [0.2, 0.25) is 11.8 Å². The Bertz CT molecular complexity index is 1070. The monoisotopic (exact) mass is 467 g/mol. The van der Waals surface area contributed by atoms with Crippen molar-refractivity contribution in [2.24, 2.45) is 4.99 Å². The third-order valence-corrected chi connectivity index (χ3v) is 6.41. The first-order valence-electron chi connectivity index (χ1n) is 10.9. The molecule has 1 aliphatic heterocycles. The Labute approximate surface area is 198 Å². The normalized spacial score (nSPS) is 16.9. The molecule has 174 valence electrons. The van der Waals surface area contributed by atoms with Gasteiger partial charge in [-0.25, -0.2) is 9.79 Å². The maximum absolute atomic E-state index is 12.9. The van der Waals surface area contributed by atoms with E-state index in [1.165, 1.54) is 17.3 Å². The predicted molar refractivity (Wildman–Crippen MR) is 132 cm³/mol. The molecule has 2 amide bonds.